The Morgan fingerprint density at radius 3 is 2.55 bits per heavy atom. The summed E-state index contributed by atoms with van der Waals surface area (Å²) in [5.74, 6) is -0.702. The fraction of sp³-hybridized carbons (Fsp3) is 0.571. The molecule has 3 rings (SSSR count). The summed E-state index contributed by atoms with van der Waals surface area (Å²) in [7, 11) is 0. The van der Waals surface area contributed by atoms with Crippen LogP contribution < -0.4 is 15.5 Å². The van der Waals surface area contributed by atoms with Crippen LogP contribution in [-0.2, 0) is 9.59 Å². The summed E-state index contributed by atoms with van der Waals surface area (Å²) in [6.07, 6.45) is 3.40. The first-order valence-electron chi connectivity index (χ1n) is 7.47. The Kier molecular flexibility index (Phi) is 3.82. The molecule has 2 aliphatic heterocycles. The number of nitrogens with zero attached hydrogens (tertiary/aromatic N) is 4. The molecule has 0 saturated carbocycles. The quantitative estimate of drug-likeness (QED) is 0.835. The fourth-order valence-electron chi connectivity index (χ4n) is 2.96. The molecule has 22 heavy (non-hydrogen) atoms. The van der Waals surface area contributed by atoms with E-state index in [0.29, 0.717) is 11.6 Å². The van der Waals surface area contributed by atoms with E-state index in [1.165, 1.54) is 11.3 Å². The van der Waals surface area contributed by atoms with Gasteiger partial charge in [-0.2, -0.15) is 9.97 Å². The van der Waals surface area contributed by atoms with Crippen molar-refractivity contribution in [3.05, 3.63) is 6.07 Å². The van der Waals surface area contributed by atoms with Crippen molar-refractivity contribution in [3.63, 3.8) is 0 Å². The number of piperidine rings is 1. The van der Waals surface area contributed by atoms with Crippen LogP contribution in [0.4, 0.5) is 17.6 Å². The number of hydrogen-bond acceptors (Lipinski definition) is 6. The van der Waals surface area contributed by atoms with Crippen LogP contribution in [0.2, 0.25) is 0 Å². The Hall–Kier alpha value is -2.38. The van der Waals surface area contributed by atoms with E-state index in [0.717, 1.165) is 25.9 Å². The van der Waals surface area contributed by atoms with Crippen molar-refractivity contribution < 1.29 is 14.7 Å². The van der Waals surface area contributed by atoms with E-state index < -0.39 is 11.9 Å². The van der Waals surface area contributed by atoms with Gasteiger partial charge in [0.15, 0.2) is 0 Å². The lowest BCUT2D eigenvalue weighted by molar-refractivity contribution is -0.141. The van der Waals surface area contributed by atoms with Gasteiger partial charge in [-0.25, -0.2) is 0 Å². The number of carboxylic acids is 1. The van der Waals surface area contributed by atoms with E-state index in [-0.39, 0.29) is 24.8 Å². The smallest absolute Gasteiger partial charge is 0.308 e. The van der Waals surface area contributed by atoms with Crippen molar-refractivity contribution in [1.82, 2.24) is 9.97 Å². The van der Waals surface area contributed by atoms with Crippen molar-refractivity contribution in [3.8, 4) is 0 Å². The van der Waals surface area contributed by atoms with Gasteiger partial charge in [-0.3, -0.25) is 14.5 Å². The monoisotopic (exact) mass is 305 g/mol. The normalized spacial score (nSPS) is 22.2. The minimum Gasteiger partial charge on any atom is -0.481 e. The van der Waals surface area contributed by atoms with Crippen molar-refractivity contribution in [1.29, 1.82) is 0 Å². The third-order valence-corrected chi connectivity index (χ3v) is 4.15. The van der Waals surface area contributed by atoms with Gasteiger partial charge in [0.05, 0.1) is 5.92 Å². The van der Waals surface area contributed by atoms with E-state index in [1.54, 1.807) is 6.07 Å². The van der Waals surface area contributed by atoms with Crippen molar-refractivity contribution in [2.45, 2.75) is 25.7 Å². The summed E-state index contributed by atoms with van der Waals surface area (Å²) in [4.78, 5) is 35.0. The molecule has 3 N–H and O–H groups in total. The average molecular weight is 305 g/mol. The third kappa shape index (κ3) is 2.81. The van der Waals surface area contributed by atoms with Crippen LogP contribution >= 0.6 is 0 Å². The van der Waals surface area contributed by atoms with Gasteiger partial charge in [0.25, 0.3) is 0 Å². The van der Waals surface area contributed by atoms with Gasteiger partial charge >= 0.3 is 5.97 Å². The van der Waals surface area contributed by atoms with Crippen LogP contribution in [0.25, 0.3) is 0 Å². The molecule has 0 aromatic carbocycles. The number of carboxylic acid groups (broad SMARTS) is 1. The summed E-state index contributed by atoms with van der Waals surface area (Å²) >= 11 is 0. The van der Waals surface area contributed by atoms with Crippen LogP contribution in [0.3, 0.4) is 0 Å². The van der Waals surface area contributed by atoms with Crippen LogP contribution in [0.5, 0.6) is 0 Å². The average Bonchev–Trinajstić information content (AvgIpc) is 2.90. The lowest BCUT2D eigenvalue weighted by atomic mass is 10.1. The highest BCUT2D eigenvalue weighted by atomic mass is 16.4. The van der Waals surface area contributed by atoms with Gasteiger partial charge in [0, 0.05) is 32.1 Å². The van der Waals surface area contributed by atoms with Crippen molar-refractivity contribution in [2.75, 3.05) is 35.2 Å². The number of nitrogen functional groups attached to an aromatic ring is 1. The maximum absolute atomic E-state index is 12.0. The SMILES string of the molecule is Nc1nc(N2CCCCC2)cc(N2CC(C(=O)O)CC2=O)n1. The number of rotatable bonds is 3. The number of carbonyl (C=O) groups excluding carboxylic acids is 1. The fourth-order valence-corrected chi connectivity index (χ4v) is 2.96. The highest BCUT2D eigenvalue weighted by Gasteiger charge is 2.36. The molecule has 0 radical (unpaired) electrons. The summed E-state index contributed by atoms with van der Waals surface area (Å²) in [5, 5.41) is 9.06. The molecule has 2 fully saturated rings. The predicted molar refractivity (Wildman–Crippen MR) is 80.6 cm³/mol. The standard InChI is InChI=1S/C14H19N5O3/c15-14-16-10(18-4-2-1-3-5-18)7-11(17-14)19-8-9(13(21)22)6-12(19)20/h7,9H,1-6,8H2,(H,21,22)(H2,15,16,17). The van der Waals surface area contributed by atoms with Crippen molar-refractivity contribution >= 4 is 29.5 Å². The van der Waals surface area contributed by atoms with Crippen LogP contribution in [0.1, 0.15) is 25.7 Å². The second-order valence-corrected chi connectivity index (χ2v) is 5.73. The maximum atomic E-state index is 12.0. The van der Waals surface area contributed by atoms with E-state index in [1.807, 2.05) is 0 Å². The first-order chi connectivity index (χ1) is 10.5. The molecule has 1 amide bonds. The molecular weight excluding hydrogens is 286 g/mol. The van der Waals surface area contributed by atoms with E-state index in [2.05, 4.69) is 14.9 Å². The third-order valence-electron chi connectivity index (χ3n) is 4.15. The summed E-state index contributed by atoms with van der Waals surface area (Å²) < 4.78 is 0. The first-order valence-corrected chi connectivity index (χ1v) is 7.47. The molecule has 0 spiro atoms. The number of hydrogen-bond donors (Lipinski definition) is 2. The Morgan fingerprint density at radius 1 is 1.23 bits per heavy atom. The maximum Gasteiger partial charge on any atom is 0.308 e. The number of carbonyl (C=O) groups is 2. The number of amides is 1. The minimum absolute atomic E-state index is 0.00170. The molecule has 0 aliphatic carbocycles. The first kappa shape index (κ1) is 14.6. The largest absolute Gasteiger partial charge is 0.481 e. The molecule has 1 unspecified atom stereocenters. The van der Waals surface area contributed by atoms with E-state index in [9.17, 15) is 9.59 Å². The summed E-state index contributed by atoms with van der Waals surface area (Å²) in [6.45, 7) is 1.94. The lowest BCUT2D eigenvalue weighted by Crippen LogP contribution is -2.32. The lowest BCUT2D eigenvalue weighted by Gasteiger charge is -2.28. The Balaban J connectivity index is 1.86. The zero-order valence-corrected chi connectivity index (χ0v) is 12.2. The molecule has 118 valence electrons. The van der Waals surface area contributed by atoms with Gasteiger partial charge in [-0.15, -0.1) is 0 Å². The molecule has 1 aromatic rings. The van der Waals surface area contributed by atoms with E-state index in [4.69, 9.17) is 10.8 Å². The molecule has 1 aromatic heterocycles. The predicted octanol–water partition coefficient (Wildman–Crippen LogP) is 0.487. The van der Waals surface area contributed by atoms with Crippen LogP contribution in [0, 0.1) is 5.92 Å². The molecule has 8 heteroatoms. The molecule has 3 heterocycles. The number of nitrogens with two attached hydrogens (primary N) is 1. The number of aliphatic carboxylic acids is 1. The minimum atomic E-state index is -0.964. The molecule has 1 atom stereocenters. The van der Waals surface area contributed by atoms with Gasteiger partial charge < -0.3 is 15.7 Å². The van der Waals surface area contributed by atoms with Gasteiger partial charge in [0.1, 0.15) is 11.6 Å². The topological polar surface area (TPSA) is 113 Å². The molecule has 8 nitrogen and oxygen atoms in total. The number of anilines is 3. The molecule has 2 saturated heterocycles. The zero-order valence-electron chi connectivity index (χ0n) is 12.2. The highest BCUT2D eigenvalue weighted by molar-refractivity contribution is 5.98. The summed E-state index contributed by atoms with van der Waals surface area (Å²) in [6, 6.07) is 1.73. The highest BCUT2D eigenvalue weighted by Crippen LogP contribution is 2.28. The molecule has 0 bridgehead atoms. The zero-order chi connectivity index (χ0) is 15.7. The van der Waals surface area contributed by atoms with Gasteiger partial charge in [-0.1, -0.05) is 0 Å². The molecular formula is C14H19N5O3. The number of aromatic nitrogens is 2. The Labute approximate surface area is 127 Å². The Morgan fingerprint density at radius 2 is 1.91 bits per heavy atom. The van der Waals surface area contributed by atoms with Crippen LogP contribution in [0.15, 0.2) is 6.07 Å². The Bertz CT molecular complexity index is 600. The van der Waals surface area contributed by atoms with E-state index >= 15 is 0 Å². The second-order valence-electron chi connectivity index (χ2n) is 5.73. The second kappa shape index (κ2) is 5.78. The van der Waals surface area contributed by atoms with Crippen molar-refractivity contribution in [2.24, 2.45) is 5.92 Å². The summed E-state index contributed by atoms with van der Waals surface area (Å²) in [5.41, 5.74) is 5.77. The van der Waals surface area contributed by atoms with Gasteiger partial charge in [0.2, 0.25) is 11.9 Å². The van der Waals surface area contributed by atoms with Gasteiger partial charge in [-0.05, 0) is 19.3 Å². The molecule has 2 aliphatic rings. The van der Waals surface area contributed by atoms with Crippen LogP contribution in [-0.4, -0.2) is 46.6 Å².